The molecule has 1 aromatic heterocycles. The summed E-state index contributed by atoms with van der Waals surface area (Å²) in [6.45, 7) is 3.77. The Morgan fingerprint density at radius 1 is 1.40 bits per heavy atom. The average molecular weight is 278 g/mol. The second-order valence-electron chi connectivity index (χ2n) is 4.57. The monoisotopic (exact) mass is 278 g/mol. The Labute approximate surface area is 115 Å². The van der Waals surface area contributed by atoms with Gasteiger partial charge in [0.2, 0.25) is 0 Å². The first kappa shape index (κ1) is 14.0. The lowest BCUT2D eigenvalue weighted by molar-refractivity contribution is 0.0696. The van der Waals surface area contributed by atoms with Gasteiger partial charge in [-0.05, 0) is 37.6 Å². The van der Waals surface area contributed by atoms with E-state index < -0.39 is 11.8 Å². The van der Waals surface area contributed by atoms with Crippen LogP contribution in [0.2, 0.25) is 0 Å². The molecular weight excluding hydrogens is 263 g/mol. The summed E-state index contributed by atoms with van der Waals surface area (Å²) in [4.78, 5) is 10.9. The van der Waals surface area contributed by atoms with Crippen molar-refractivity contribution < 1.29 is 19.0 Å². The number of ether oxygens (including phenoxy) is 1. The van der Waals surface area contributed by atoms with E-state index in [4.69, 9.17) is 9.84 Å². The molecule has 20 heavy (non-hydrogen) atoms. The van der Waals surface area contributed by atoms with E-state index in [-0.39, 0.29) is 12.2 Å². The fourth-order valence-electron chi connectivity index (χ4n) is 1.98. The van der Waals surface area contributed by atoms with Gasteiger partial charge >= 0.3 is 5.97 Å². The van der Waals surface area contributed by atoms with Crippen LogP contribution in [0.3, 0.4) is 0 Å². The van der Waals surface area contributed by atoms with E-state index in [1.54, 1.807) is 11.7 Å². The van der Waals surface area contributed by atoms with Crippen LogP contribution in [0.1, 0.15) is 27.3 Å². The largest absolute Gasteiger partial charge is 0.485 e. The van der Waals surface area contributed by atoms with E-state index in [1.165, 1.54) is 12.1 Å². The highest BCUT2D eigenvalue weighted by molar-refractivity contribution is 5.87. The van der Waals surface area contributed by atoms with Crippen molar-refractivity contribution in [1.29, 1.82) is 0 Å². The molecule has 0 unspecified atom stereocenters. The number of hydrogen-bond acceptors (Lipinski definition) is 3. The molecule has 0 aliphatic carbocycles. The summed E-state index contributed by atoms with van der Waals surface area (Å²) in [5.74, 6) is -1.13. The summed E-state index contributed by atoms with van der Waals surface area (Å²) in [6.07, 6.45) is 0. The van der Waals surface area contributed by atoms with E-state index in [2.05, 4.69) is 5.10 Å². The maximum atomic E-state index is 13.3. The number of carboxylic acid groups (broad SMARTS) is 1. The fourth-order valence-corrected chi connectivity index (χ4v) is 1.98. The summed E-state index contributed by atoms with van der Waals surface area (Å²) in [6, 6.07) is 3.63. The number of benzene rings is 1. The van der Waals surface area contributed by atoms with Crippen molar-refractivity contribution in [3.05, 3.63) is 46.5 Å². The zero-order valence-corrected chi connectivity index (χ0v) is 11.5. The van der Waals surface area contributed by atoms with Crippen molar-refractivity contribution in [3.63, 3.8) is 0 Å². The molecule has 0 spiro atoms. The number of carboxylic acids is 1. The third-order valence-corrected chi connectivity index (χ3v) is 3.03. The summed E-state index contributed by atoms with van der Waals surface area (Å²) < 4.78 is 20.7. The quantitative estimate of drug-likeness (QED) is 0.933. The van der Waals surface area contributed by atoms with Gasteiger partial charge < -0.3 is 9.84 Å². The van der Waals surface area contributed by atoms with Crippen LogP contribution in [0.4, 0.5) is 4.39 Å². The third-order valence-electron chi connectivity index (χ3n) is 3.03. The van der Waals surface area contributed by atoms with Crippen molar-refractivity contribution in [2.24, 2.45) is 7.05 Å². The molecule has 0 atom stereocenters. The molecule has 0 aliphatic rings. The summed E-state index contributed by atoms with van der Waals surface area (Å²) in [5.41, 5.74) is 1.96. The summed E-state index contributed by atoms with van der Waals surface area (Å²) in [5, 5.41) is 13.1. The molecule has 1 heterocycles. The Balaban J connectivity index is 2.21. The van der Waals surface area contributed by atoms with Crippen molar-refractivity contribution in [1.82, 2.24) is 9.78 Å². The first-order chi connectivity index (χ1) is 9.38. The van der Waals surface area contributed by atoms with Crippen LogP contribution in [-0.2, 0) is 13.7 Å². The van der Waals surface area contributed by atoms with E-state index in [0.29, 0.717) is 11.3 Å². The molecule has 0 radical (unpaired) electrons. The van der Waals surface area contributed by atoms with Crippen LogP contribution in [0.25, 0.3) is 0 Å². The zero-order chi connectivity index (χ0) is 14.9. The van der Waals surface area contributed by atoms with Crippen LogP contribution in [0, 0.1) is 19.7 Å². The number of halogens is 1. The number of carbonyl (C=O) groups is 1. The predicted molar refractivity (Wildman–Crippen MR) is 70.4 cm³/mol. The predicted octanol–water partition coefficient (Wildman–Crippen LogP) is 2.45. The Hall–Kier alpha value is -2.37. The third kappa shape index (κ3) is 2.79. The number of aromatic carboxylic acids is 1. The lowest BCUT2D eigenvalue weighted by Crippen LogP contribution is -2.02. The van der Waals surface area contributed by atoms with Crippen LogP contribution < -0.4 is 4.74 Å². The molecule has 1 N–H and O–H groups in total. The summed E-state index contributed by atoms with van der Waals surface area (Å²) >= 11 is 0. The van der Waals surface area contributed by atoms with Crippen molar-refractivity contribution >= 4 is 5.97 Å². The zero-order valence-electron chi connectivity index (χ0n) is 11.5. The smallest absolute Gasteiger partial charge is 0.335 e. The molecular formula is C14H15FN2O3. The Kier molecular flexibility index (Phi) is 3.74. The van der Waals surface area contributed by atoms with Crippen molar-refractivity contribution in [3.8, 4) is 5.75 Å². The van der Waals surface area contributed by atoms with Gasteiger partial charge in [0.05, 0.1) is 11.3 Å². The molecule has 0 aliphatic heterocycles. The Morgan fingerprint density at radius 2 is 2.10 bits per heavy atom. The molecule has 0 saturated carbocycles. The van der Waals surface area contributed by atoms with Gasteiger partial charge in [-0.3, -0.25) is 4.68 Å². The first-order valence-electron chi connectivity index (χ1n) is 6.04. The van der Waals surface area contributed by atoms with Gasteiger partial charge in [-0.15, -0.1) is 0 Å². The van der Waals surface area contributed by atoms with E-state index >= 15 is 0 Å². The van der Waals surface area contributed by atoms with Crippen LogP contribution in [0.15, 0.2) is 18.2 Å². The molecule has 2 rings (SSSR count). The number of nitrogens with zero attached hydrogens (tertiary/aromatic N) is 2. The fraction of sp³-hybridized carbons (Fsp3) is 0.286. The van der Waals surface area contributed by atoms with Crippen LogP contribution >= 0.6 is 0 Å². The second kappa shape index (κ2) is 5.32. The van der Waals surface area contributed by atoms with E-state index in [0.717, 1.165) is 17.5 Å². The molecule has 106 valence electrons. The number of hydrogen-bond donors (Lipinski definition) is 1. The lowest BCUT2D eigenvalue weighted by atomic mass is 10.1. The molecule has 0 saturated heterocycles. The molecule has 2 aromatic rings. The van der Waals surface area contributed by atoms with Crippen LogP contribution in [0.5, 0.6) is 5.75 Å². The standard InChI is InChI=1S/C14H15FN2O3/c1-8-13(9(2)17(3)16-8)20-7-10-4-11(14(18)19)6-12(15)5-10/h4-6H,7H2,1-3H3,(H,18,19). The molecule has 1 aromatic carbocycles. The molecule has 0 bridgehead atoms. The van der Waals surface area contributed by atoms with Crippen molar-refractivity contribution in [2.75, 3.05) is 0 Å². The molecule has 6 heteroatoms. The minimum Gasteiger partial charge on any atom is -0.485 e. The Morgan fingerprint density at radius 3 is 2.65 bits per heavy atom. The van der Waals surface area contributed by atoms with E-state index in [1.807, 2.05) is 13.8 Å². The minimum atomic E-state index is -1.17. The van der Waals surface area contributed by atoms with E-state index in [9.17, 15) is 9.18 Å². The highest BCUT2D eigenvalue weighted by Gasteiger charge is 2.12. The summed E-state index contributed by atoms with van der Waals surface area (Å²) in [7, 11) is 1.81. The van der Waals surface area contributed by atoms with Gasteiger partial charge in [-0.25, -0.2) is 9.18 Å². The average Bonchev–Trinajstić information content (AvgIpc) is 2.60. The lowest BCUT2D eigenvalue weighted by Gasteiger charge is -2.07. The topological polar surface area (TPSA) is 64.4 Å². The molecule has 0 fully saturated rings. The highest BCUT2D eigenvalue weighted by atomic mass is 19.1. The normalized spacial score (nSPS) is 10.6. The SMILES string of the molecule is Cc1nn(C)c(C)c1OCc1cc(F)cc(C(=O)O)c1. The first-order valence-corrected chi connectivity index (χ1v) is 6.04. The number of aryl methyl sites for hydroxylation is 2. The maximum Gasteiger partial charge on any atom is 0.335 e. The van der Waals surface area contributed by atoms with Gasteiger partial charge in [-0.2, -0.15) is 5.10 Å². The maximum absolute atomic E-state index is 13.3. The molecule has 5 nitrogen and oxygen atoms in total. The van der Waals surface area contributed by atoms with Crippen molar-refractivity contribution in [2.45, 2.75) is 20.5 Å². The number of aromatic nitrogens is 2. The van der Waals surface area contributed by atoms with Gasteiger partial charge in [0.1, 0.15) is 18.1 Å². The van der Waals surface area contributed by atoms with Gasteiger partial charge in [0.25, 0.3) is 0 Å². The second-order valence-corrected chi connectivity index (χ2v) is 4.57. The minimum absolute atomic E-state index is 0.0887. The van der Waals surface area contributed by atoms with Crippen LogP contribution in [-0.4, -0.2) is 20.9 Å². The van der Waals surface area contributed by atoms with Gasteiger partial charge in [-0.1, -0.05) is 0 Å². The number of rotatable bonds is 4. The Bertz CT molecular complexity index is 665. The van der Waals surface area contributed by atoms with Gasteiger partial charge in [0, 0.05) is 7.05 Å². The van der Waals surface area contributed by atoms with Gasteiger partial charge in [0.15, 0.2) is 5.75 Å². The molecule has 0 amide bonds. The highest BCUT2D eigenvalue weighted by Crippen LogP contribution is 2.23.